The maximum Gasteiger partial charge on any atom is 0.223 e. The fourth-order valence-corrected chi connectivity index (χ4v) is 1.62. The highest BCUT2D eigenvalue weighted by Crippen LogP contribution is 2.22. The summed E-state index contributed by atoms with van der Waals surface area (Å²) < 4.78 is 0. The van der Waals surface area contributed by atoms with Gasteiger partial charge in [0.15, 0.2) is 0 Å². The zero-order chi connectivity index (χ0) is 8.27. The van der Waals surface area contributed by atoms with Gasteiger partial charge in [0.05, 0.1) is 12.0 Å². The van der Waals surface area contributed by atoms with Crippen LogP contribution < -0.4 is 5.73 Å². The summed E-state index contributed by atoms with van der Waals surface area (Å²) in [5.41, 5.74) is 5.13. The molecule has 64 valence electrons. The Kier molecular flexibility index (Phi) is 2.88. The van der Waals surface area contributed by atoms with E-state index in [1.54, 1.807) is 0 Å². The zero-order valence-corrected chi connectivity index (χ0v) is 6.62. The molecule has 0 bridgehead atoms. The molecule has 1 fully saturated rings. The molecule has 1 aliphatic carbocycles. The Morgan fingerprint density at radius 3 is 2.55 bits per heavy atom. The van der Waals surface area contributed by atoms with Gasteiger partial charge in [-0.2, -0.15) is 0 Å². The van der Waals surface area contributed by atoms with Crippen LogP contribution in [0.2, 0.25) is 0 Å². The molecule has 3 N–H and O–H groups in total. The predicted octanol–water partition coefficient (Wildman–Crippen LogP) is 0.413. The number of aliphatic hydroxyl groups excluding tert-OH is 1. The summed E-state index contributed by atoms with van der Waals surface area (Å²) >= 11 is 0. The van der Waals surface area contributed by atoms with Crippen LogP contribution in [0.15, 0.2) is 0 Å². The molecule has 3 heteroatoms. The summed E-state index contributed by atoms with van der Waals surface area (Å²) in [5, 5.41) is 9.42. The highest BCUT2D eigenvalue weighted by molar-refractivity contribution is 5.77. The van der Waals surface area contributed by atoms with Gasteiger partial charge in [-0.05, 0) is 12.8 Å². The number of hydrogen-bond donors (Lipinski definition) is 2. The van der Waals surface area contributed by atoms with Gasteiger partial charge in [0.1, 0.15) is 0 Å². The van der Waals surface area contributed by atoms with E-state index in [2.05, 4.69) is 0 Å². The van der Waals surface area contributed by atoms with Gasteiger partial charge in [-0.25, -0.2) is 0 Å². The van der Waals surface area contributed by atoms with Crippen LogP contribution in [0.1, 0.15) is 32.1 Å². The van der Waals surface area contributed by atoms with Crippen LogP contribution >= 0.6 is 0 Å². The fourth-order valence-electron chi connectivity index (χ4n) is 1.62. The standard InChI is InChI=1S/C8H15NO2/c9-8(11)6-4-2-1-3-5-7(6)10/h6-7,10H,1-5H2,(H2,9,11)/t6-,7+/m0/s1. The molecule has 1 rings (SSSR count). The van der Waals surface area contributed by atoms with Gasteiger partial charge >= 0.3 is 0 Å². The van der Waals surface area contributed by atoms with Crippen molar-refractivity contribution in [2.24, 2.45) is 11.7 Å². The number of carbonyl (C=O) groups is 1. The van der Waals surface area contributed by atoms with Crippen LogP contribution in [0.25, 0.3) is 0 Å². The van der Waals surface area contributed by atoms with Crippen molar-refractivity contribution in [3.8, 4) is 0 Å². The average Bonchev–Trinajstić information content (AvgIpc) is 2.13. The third-order valence-corrected chi connectivity index (χ3v) is 2.34. The Labute approximate surface area is 66.6 Å². The van der Waals surface area contributed by atoms with Crippen molar-refractivity contribution in [1.29, 1.82) is 0 Å². The summed E-state index contributed by atoms with van der Waals surface area (Å²) in [6, 6.07) is 0. The number of amides is 1. The molecule has 0 aliphatic heterocycles. The summed E-state index contributed by atoms with van der Waals surface area (Å²) in [6.07, 6.45) is 4.15. The van der Waals surface area contributed by atoms with Crippen LogP contribution in [0.4, 0.5) is 0 Å². The molecule has 3 nitrogen and oxygen atoms in total. The Balaban J connectivity index is 2.52. The number of aliphatic hydroxyl groups is 1. The molecule has 0 aromatic heterocycles. The minimum Gasteiger partial charge on any atom is -0.392 e. The van der Waals surface area contributed by atoms with Gasteiger partial charge < -0.3 is 10.8 Å². The Morgan fingerprint density at radius 1 is 1.27 bits per heavy atom. The summed E-state index contributed by atoms with van der Waals surface area (Å²) in [4.78, 5) is 10.8. The zero-order valence-electron chi connectivity index (χ0n) is 6.62. The van der Waals surface area contributed by atoms with Crippen LogP contribution in [0.5, 0.6) is 0 Å². The van der Waals surface area contributed by atoms with E-state index in [9.17, 15) is 9.90 Å². The molecule has 0 aromatic rings. The van der Waals surface area contributed by atoms with Crippen molar-refractivity contribution in [1.82, 2.24) is 0 Å². The molecule has 11 heavy (non-hydrogen) atoms. The van der Waals surface area contributed by atoms with Gasteiger partial charge in [0.25, 0.3) is 0 Å². The van der Waals surface area contributed by atoms with Crippen LogP contribution in [0.3, 0.4) is 0 Å². The number of nitrogens with two attached hydrogens (primary N) is 1. The average molecular weight is 157 g/mol. The van der Waals surface area contributed by atoms with E-state index in [0.29, 0.717) is 0 Å². The largest absolute Gasteiger partial charge is 0.392 e. The SMILES string of the molecule is NC(=O)[C@H]1CCCCC[C@H]1O. The lowest BCUT2D eigenvalue weighted by Crippen LogP contribution is -2.32. The molecule has 0 saturated heterocycles. The summed E-state index contributed by atoms with van der Waals surface area (Å²) in [7, 11) is 0. The normalized spacial score (nSPS) is 32.8. The Morgan fingerprint density at radius 2 is 1.91 bits per heavy atom. The van der Waals surface area contributed by atoms with Gasteiger partial charge in [-0.15, -0.1) is 0 Å². The van der Waals surface area contributed by atoms with E-state index in [-0.39, 0.29) is 11.8 Å². The number of carbonyl (C=O) groups excluding carboxylic acids is 1. The maximum absolute atomic E-state index is 10.8. The highest BCUT2D eigenvalue weighted by Gasteiger charge is 2.25. The van der Waals surface area contributed by atoms with Gasteiger partial charge in [0, 0.05) is 0 Å². The van der Waals surface area contributed by atoms with Crippen LogP contribution in [-0.4, -0.2) is 17.1 Å². The van der Waals surface area contributed by atoms with Crippen molar-refractivity contribution in [3.05, 3.63) is 0 Å². The van der Waals surface area contributed by atoms with Crippen LogP contribution in [0, 0.1) is 5.92 Å². The second-order valence-electron chi connectivity index (χ2n) is 3.21. The third kappa shape index (κ3) is 2.19. The van der Waals surface area contributed by atoms with E-state index in [1.165, 1.54) is 0 Å². The molecule has 1 amide bonds. The first kappa shape index (κ1) is 8.53. The number of rotatable bonds is 1. The van der Waals surface area contributed by atoms with E-state index < -0.39 is 6.10 Å². The molecular formula is C8H15NO2. The summed E-state index contributed by atoms with van der Waals surface area (Å²) in [6.45, 7) is 0. The molecular weight excluding hydrogens is 142 g/mol. The topological polar surface area (TPSA) is 63.3 Å². The first-order chi connectivity index (χ1) is 5.22. The molecule has 1 aliphatic rings. The Hall–Kier alpha value is -0.570. The first-order valence-electron chi connectivity index (χ1n) is 4.19. The van der Waals surface area contributed by atoms with E-state index in [4.69, 9.17) is 5.73 Å². The van der Waals surface area contributed by atoms with E-state index in [1.807, 2.05) is 0 Å². The molecule has 2 atom stereocenters. The van der Waals surface area contributed by atoms with E-state index >= 15 is 0 Å². The molecule has 0 unspecified atom stereocenters. The minimum atomic E-state index is -0.491. The quantitative estimate of drug-likeness (QED) is 0.541. The second-order valence-corrected chi connectivity index (χ2v) is 3.21. The monoisotopic (exact) mass is 157 g/mol. The van der Waals surface area contributed by atoms with E-state index in [0.717, 1.165) is 32.1 Å². The lowest BCUT2D eigenvalue weighted by atomic mass is 9.97. The number of primary amides is 1. The van der Waals surface area contributed by atoms with Gasteiger partial charge in [-0.3, -0.25) is 4.79 Å². The van der Waals surface area contributed by atoms with Gasteiger partial charge in [0.2, 0.25) is 5.91 Å². The van der Waals surface area contributed by atoms with Crippen LogP contribution in [-0.2, 0) is 4.79 Å². The fraction of sp³-hybridized carbons (Fsp3) is 0.875. The van der Waals surface area contributed by atoms with Crippen molar-refractivity contribution in [2.45, 2.75) is 38.2 Å². The van der Waals surface area contributed by atoms with Crippen molar-refractivity contribution in [3.63, 3.8) is 0 Å². The second kappa shape index (κ2) is 3.72. The smallest absolute Gasteiger partial charge is 0.223 e. The van der Waals surface area contributed by atoms with Crippen molar-refractivity contribution >= 4 is 5.91 Å². The first-order valence-corrected chi connectivity index (χ1v) is 4.19. The third-order valence-electron chi connectivity index (χ3n) is 2.34. The maximum atomic E-state index is 10.8. The number of hydrogen-bond acceptors (Lipinski definition) is 2. The predicted molar refractivity (Wildman–Crippen MR) is 41.8 cm³/mol. The lowest BCUT2D eigenvalue weighted by molar-refractivity contribution is -0.125. The highest BCUT2D eigenvalue weighted by atomic mass is 16.3. The summed E-state index contributed by atoms with van der Waals surface area (Å²) in [5.74, 6) is -0.642. The molecule has 0 aromatic carbocycles. The molecule has 0 radical (unpaired) electrons. The minimum absolute atomic E-state index is 0.294. The molecule has 0 spiro atoms. The van der Waals surface area contributed by atoms with Crippen molar-refractivity contribution < 1.29 is 9.90 Å². The molecule has 0 heterocycles. The van der Waals surface area contributed by atoms with Crippen molar-refractivity contribution in [2.75, 3.05) is 0 Å². The molecule has 1 saturated carbocycles. The Bertz CT molecular complexity index is 147. The lowest BCUT2D eigenvalue weighted by Gasteiger charge is -2.15. The van der Waals surface area contributed by atoms with Gasteiger partial charge in [-0.1, -0.05) is 19.3 Å².